The number of amidine groups is 1. The van der Waals surface area contributed by atoms with E-state index in [0.717, 1.165) is 34.4 Å². The highest BCUT2D eigenvalue weighted by Gasteiger charge is 2.31. The minimum atomic E-state index is 0.0327. The maximum Gasteiger partial charge on any atom is 0.130 e. The van der Waals surface area contributed by atoms with Gasteiger partial charge in [0.1, 0.15) is 5.84 Å². The summed E-state index contributed by atoms with van der Waals surface area (Å²) in [6, 6.07) is 40.2. The Labute approximate surface area is 229 Å². The van der Waals surface area contributed by atoms with Crippen molar-refractivity contribution in [1.29, 1.82) is 10.5 Å². The highest BCUT2D eigenvalue weighted by molar-refractivity contribution is 5.99. The number of hydrogen-bond acceptors (Lipinski definition) is 3. The number of rotatable bonds is 6. The number of allylic oxidation sites excluding steroid dienone is 4. The maximum atomic E-state index is 9.31. The molecule has 2 N–H and O–H groups in total. The summed E-state index contributed by atoms with van der Waals surface area (Å²) < 4.78 is 0. The average molecular weight is 505 g/mol. The molecular weight excluding hydrogens is 476 g/mol. The second kappa shape index (κ2) is 11.5. The summed E-state index contributed by atoms with van der Waals surface area (Å²) in [6.45, 7) is 2.22. The summed E-state index contributed by atoms with van der Waals surface area (Å²) in [6.07, 6.45) is 3.04. The predicted octanol–water partition coefficient (Wildman–Crippen LogP) is 7.45. The minimum absolute atomic E-state index is 0.0327. The average Bonchev–Trinajstić information content (AvgIpc) is 3.01. The molecule has 0 aliphatic heterocycles. The number of nitriles is 2. The Morgan fingerprint density at radius 1 is 0.769 bits per heavy atom. The molecular formula is C35H28N4. The van der Waals surface area contributed by atoms with Gasteiger partial charge in [-0.1, -0.05) is 79.7 Å². The Morgan fingerprint density at radius 2 is 1.31 bits per heavy atom. The molecule has 1 aliphatic rings. The van der Waals surface area contributed by atoms with Crippen LogP contribution in [-0.2, 0) is 0 Å². The fourth-order valence-electron chi connectivity index (χ4n) is 5.10. The topological polar surface area (TPSA) is 86.0 Å². The molecule has 2 unspecified atom stereocenters. The van der Waals surface area contributed by atoms with Crippen LogP contribution in [0.4, 0.5) is 0 Å². The van der Waals surface area contributed by atoms with E-state index >= 15 is 0 Å². The molecule has 0 spiro atoms. The van der Waals surface area contributed by atoms with E-state index in [1.165, 1.54) is 11.1 Å². The Hall–Kier alpha value is -5.19. The first-order valence-electron chi connectivity index (χ1n) is 13.0. The third kappa shape index (κ3) is 5.57. The molecule has 0 radical (unpaired) electrons. The van der Waals surface area contributed by atoms with Gasteiger partial charge in [0.2, 0.25) is 0 Å². The molecule has 0 bridgehead atoms. The third-order valence-electron chi connectivity index (χ3n) is 7.33. The van der Waals surface area contributed by atoms with Crippen LogP contribution >= 0.6 is 0 Å². The summed E-state index contributed by atoms with van der Waals surface area (Å²) >= 11 is 0. The maximum absolute atomic E-state index is 9.31. The van der Waals surface area contributed by atoms with Gasteiger partial charge in [0.05, 0.1) is 29.0 Å². The summed E-state index contributed by atoms with van der Waals surface area (Å²) in [5.74, 6) is 0.554. The summed E-state index contributed by atoms with van der Waals surface area (Å²) in [4.78, 5) is 5.10. The Bertz CT molecular complexity index is 1630. The van der Waals surface area contributed by atoms with Gasteiger partial charge in [0.15, 0.2) is 0 Å². The van der Waals surface area contributed by atoms with Crippen LogP contribution in [0.25, 0.3) is 11.1 Å². The highest BCUT2D eigenvalue weighted by atomic mass is 14.9. The highest BCUT2D eigenvalue weighted by Crippen LogP contribution is 2.45. The Balaban J connectivity index is 1.70. The van der Waals surface area contributed by atoms with Crippen molar-refractivity contribution < 1.29 is 0 Å². The van der Waals surface area contributed by atoms with Gasteiger partial charge in [-0.25, -0.2) is 4.99 Å². The van der Waals surface area contributed by atoms with Gasteiger partial charge in [-0.2, -0.15) is 10.5 Å². The van der Waals surface area contributed by atoms with Gasteiger partial charge < -0.3 is 5.73 Å². The summed E-state index contributed by atoms with van der Waals surface area (Å²) in [5, 5.41) is 18.5. The van der Waals surface area contributed by atoms with Crippen molar-refractivity contribution >= 4 is 17.0 Å². The molecule has 0 saturated carbocycles. The smallest absolute Gasteiger partial charge is 0.130 e. The normalized spacial score (nSPS) is 16.1. The van der Waals surface area contributed by atoms with E-state index in [1.807, 2.05) is 60.7 Å². The van der Waals surface area contributed by atoms with Crippen molar-refractivity contribution in [1.82, 2.24) is 0 Å². The molecule has 0 fully saturated rings. The second-order valence-electron chi connectivity index (χ2n) is 9.72. The van der Waals surface area contributed by atoms with E-state index in [4.69, 9.17) is 10.7 Å². The monoisotopic (exact) mass is 504 g/mol. The van der Waals surface area contributed by atoms with E-state index in [1.54, 1.807) is 12.1 Å². The molecule has 5 rings (SSSR count). The van der Waals surface area contributed by atoms with E-state index in [9.17, 15) is 10.5 Å². The van der Waals surface area contributed by atoms with Crippen molar-refractivity contribution in [2.45, 2.75) is 19.3 Å². The molecule has 0 saturated heterocycles. The molecule has 4 aromatic rings. The zero-order chi connectivity index (χ0) is 27.2. The van der Waals surface area contributed by atoms with Crippen molar-refractivity contribution in [3.8, 4) is 12.1 Å². The lowest BCUT2D eigenvalue weighted by atomic mass is 9.74. The lowest BCUT2D eigenvalue weighted by Gasteiger charge is -2.32. The van der Waals surface area contributed by atoms with Crippen LogP contribution in [0.1, 0.15) is 52.6 Å². The van der Waals surface area contributed by atoms with Crippen LogP contribution in [0.3, 0.4) is 0 Å². The van der Waals surface area contributed by atoms with Crippen molar-refractivity contribution in [2.24, 2.45) is 16.6 Å². The largest absolute Gasteiger partial charge is 0.383 e. The van der Waals surface area contributed by atoms with Crippen molar-refractivity contribution in [3.63, 3.8) is 0 Å². The van der Waals surface area contributed by atoms with Crippen molar-refractivity contribution in [3.05, 3.63) is 154 Å². The van der Waals surface area contributed by atoms with Gasteiger partial charge in [0, 0.05) is 17.1 Å². The van der Waals surface area contributed by atoms with Crippen LogP contribution in [0.5, 0.6) is 0 Å². The van der Waals surface area contributed by atoms with Gasteiger partial charge in [-0.3, -0.25) is 0 Å². The van der Waals surface area contributed by atoms with Crippen LogP contribution in [-0.4, -0.2) is 5.84 Å². The molecule has 4 aromatic carbocycles. The number of nitrogens with zero attached hydrogens (tertiary/aromatic N) is 3. The van der Waals surface area contributed by atoms with Gasteiger partial charge >= 0.3 is 0 Å². The lowest BCUT2D eigenvalue weighted by molar-refractivity contribution is 0.519. The molecule has 0 aromatic heterocycles. The zero-order valence-corrected chi connectivity index (χ0v) is 21.8. The SMILES string of the molecule is CC(c1ccc(C#N)cc1)C1CC(c2ccccc2)=CC(c2ccccc2)=C1N=C(N)c1ccc(C#N)cc1. The first kappa shape index (κ1) is 25.5. The molecule has 4 nitrogen and oxygen atoms in total. The third-order valence-corrected chi connectivity index (χ3v) is 7.33. The van der Waals surface area contributed by atoms with Crippen LogP contribution in [0.15, 0.2) is 126 Å². The molecule has 188 valence electrons. The number of aliphatic imine (C=N–C) groups is 1. The second-order valence-corrected chi connectivity index (χ2v) is 9.72. The minimum Gasteiger partial charge on any atom is -0.383 e. The first-order chi connectivity index (χ1) is 19.1. The van der Waals surface area contributed by atoms with Gasteiger partial charge in [-0.15, -0.1) is 0 Å². The first-order valence-corrected chi connectivity index (χ1v) is 13.0. The van der Waals surface area contributed by atoms with Crippen molar-refractivity contribution in [2.75, 3.05) is 0 Å². The van der Waals surface area contributed by atoms with Crippen LogP contribution in [0, 0.1) is 28.6 Å². The van der Waals surface area contributed by atoms with E-state index in [2.05, 4.69) is 61.5 Å². The quantitative estimate of drug-likeness (QED) is 0.218. The van der Waals surface area contributed by atoms with E-state index < -0.39 is 0 Å². The van der Waals surface area contributed by atoms with E-state index in [0.29, 0.717) is 17.0 Å². The van der Waals surface area contributed by atoms with E-state index in [-0.39, 0.29) is 11.8 Å². The van der Waals surface area contributed by atoms with Crippen LogP contribution in [0.2, 0.25) is 0 Å². The fraction of sp³-hybridized carbons (Fsp3) is 0.114. The number of benzene rings is 4. The van der Waals surface area contributed by atoms with Gasteiger partial charge in [0.25, 0.3) is 0 Å². The molecule has 0 heterocycles. The lowest BCUT2D eigenvalue weighted by Crippen LogP contribution is -2.21. The number of hydrogen-bond donors (Lipinski definition) is 1. The zero-order valence-electron chi connectivity index (χ0n) is 21.8. The number of nitrogens with two attached hydrogens (primary N) is 1. The summed E-state index contributed by atoms with van der Waals surface area (Å²) in [5.41, 5.74) is 15.2. The molecule has 1 aliphatic carbocycles. The molecule has 0 amide bonds. The molecule has 2 atom stereocenters. The standard InChI is InChI=1S/C35H28N4/c1-24(27-16-12-25(22-36)13-17-27)32-20-31(28-8-4-2-5-9-28)21-33(29-10-6-3-7-11-29)34(32)39-35(38)30-18-14-26(23-37)15-19-30/h2-19,21,24,32H,20H2,1H3,(H2,38,39). The Kier molecular flexibility index (Phi) is 7.48. The van der Waals surface area contributed by atoms with Crippen LogP contribution < -0.4 is 5.73 Å². The predicted molar refractivity (Wildman–Crippen MR) is 157 cm³/mol. The Morgan fingerprint density at radius 3 is 1.87 bits per heavy atom. The summed E-state index contributed by atoms with van der Waals surface area (Å²) in [7, 11) is 0. The molecule has 39 heavy (non-hydrogen) atoms. The fourth-order valence-corrected chi connectivity index (χ4v) is 5.10. The molecule has 4 heteroatoms. The van der Waals surface area contributed by atoms with Gasteiger partial charge in [-0.05, 0) is 77.1 Å².